The quantitative estimate of drug-likeness (QED) is 0.416. The molecular weight excluding hydrogens is 556 g/mol. The number of hydrogen-bond acceptors (Lipinski definition) is 9. The molecule has 0 radical (unpaired) electrons. The van der Waals surface area contributed by atoms with Crippen molar-refractivity contribution in [2.45, 2.75) is 39.2 Å². The number of carbonyl (C=O) groups is 1. The molecule has 5 rings (SSSR count). The molecule has 2 N–H and O–H groups in total. The highest BCUT2D eigenvalue weighted by atomic mass is 35.5. The number of carbonyl (C=O) groups excluding carboxylic acids is 1. The van der Waals surface area contributed by atoms with Crippen LogP contribution >= 0.6 is 11.6 Å². The standard InChI is InChI=1S/C27H33ClN6O5S/c1-16-13-18(17(2)29-20-5-6-21(28)30-23(20)24(35)32-40(4,37)38)22-19(14-16)25(36)33(3)26(31-22)34-10-7-27(15-34)8-11-39-12-9-27/h5-6,13-14,17,29H,7-12,15H2,1-4H3,(H,32,35)/t17-/m1/s1. The van der Waals surface area contributed by atoms with Crippen LogP contribution in [0.2, 0.25) is 5.15 Å². The van der Waals surface area contributed by atoms with Crippen LogP contribution in [0.25, 0.3) is 10.9 Å². The van der Waals surface area contributed by atoms with E-state index in [9.17, 15) is 18.0 Å². The third-order valence-corrected chi connectivity index (χ3v) is 8.56. The zero-order chi connectivity index (χ0) is 28.8. The lowest BCUT2D eigenvalue weighted by atomic mass is 9.80. The fourth-order valence-electron chi connectivity index (χ4n) is 5.73. The third-order valence-electron chi connectivity index (χ3n) is 7.80. The number of nitrogens with one attached hydrogen (secondary N) is 2. The van der Waals surface area contributed by atoms with Gasteiger partial charge in [-0.05, 0) is 62.3 Å². The Hall–Kier alpha value is -3.22. The van der Waals surface area contributed by atoms with E-state index in [2.05, 4.69) is 15.2 Å². The summed E-state index contributed by atoms with van der Waals surface area (Å²) in [6, 6.07) is 6.44. The Labute approximate surface area is 237 Å². The number of anilines is 2. The molecule has 1 amide bonds. The van der Waals surface area contributed by atoms with Crippen molar-refractivity contribution in [3.05, 3.63) is 56.6 Å². The summed E-state index contributed by atoms with van der Waals surface area (Å²) in [7, 11) is -2.06. The minimum absolute atomic E-state index is 0.0422. The monoisotopic (exact) mass is 588 g/mol. The van der Waals surface area contributed by atoms with Gasteiger partial charge in [-0.25, -0.2) is 23.1 Å². The van der Waals surface area contributed by atoms with Crippen molar-refractivity contribution >= 4 is 50.1 Å². The molecule has 2 aromatic heterocycles. The van der Waals surface area contributed by atoms with E-state index in [1.165, 1.54) is 6.07 Å². The van der Waals surface area contributed by atoms with E-state index < -0.39 is 22.0 Å². The van der Waals surface area contributed by atoms with Gasteiger partial charge in [0.05, 0.1) is 28.9 Å². The molecule has 2 fully saturated rings. The van der Waals surface area contributed by atoms with Crippen LogP contribution in [0, 0.1) is 12.3 Å². The first-order valence-corrected chi connectivity index (χ1v) is 15.4. The average Bonchev–Trinajstić information content (AvgIpc) is 3.29. The minimum atomic E-state index is -3.82. The molecule has 2 aliphatic heterocycles. The van der Waals surface area contributed by atoms with Gasteiger partial charge >= 0.3 is 0 Å². The van der Waals surface area contributed by atoms with E-state index in [0.717, 1.165) is 62.9 Å². The second-order valence-corrected chi connectivity index (χ2v) is 13.0. The normalized spacial score (nSPS) is 17.8. The summed E-state index contributed by atoms with van der Waals surface area (Å²) < 4.78 is 32.5. The summed E-state index contributed by atoms with van der Waals surface area (Å²) in [4.78, 5) is 37.6. The maximum absolute atomic E-state index is 13.6. The van der Waals surface area contributed by atoms with Gasteiger partial charge in [0.1, 0.15) is 5.15 Å². The Balaban J connectivity index is 1.53. The lowest BCUT2D eigenvalue weighted by molar-refractivity contribution is 0.0254. The van der Waals surface area contributed by atoms with Gasteiger partial charge in [-0.2, -0.15) is 0 Å². The number of ether oxygens (including phenoxy) is 1. The van der Waals surface area contributed by atoms with E-state index in [1.807, 2.05) is 30.7 Å². The second-order valence-electron chi connectivity index (χ2n) is 10.9. The molecule has 1 aromatic carbocycles. The molecule has 0 unspecified atom stereocenters. The maximum Gasteiger partial charge on any atom is 0.285 e. The molecule has 2 aliphatic rings. The first-order chi connectivity index (χ1) is 18.9. The smallest absolute Gasteiger partial charge is 0.285 e. The topological polar surface area (TPSA) is 136 Å². The van der Waals surface area contributed by atoms with Crippen molar-refractivity contribution in [2.24, 2.45) is 12.5 Å². The molecule has 1 atom stereocenters. The fourth-order valence-corrected chi connectivity index (χ4v) is 6.31. The molecule has 0 bridgehead atoms. The van der Waals surface area contributed by atoms with Crippen LogP contribution in [0.1, 0.15) is 53.8 Å². The predicted molar refractivity (Wildman–Crippen MR) is 155 cm³/mol. The Bertz CT molecular complexity index is 1650. The zero-order valence-electron chi connectivity index (χ0n) is 23.0. The van der Waals surface area contributed by atoms with Crippen LogP contribution in [-0.4, -0.2) is 61.4 Å². The van der Waals surface area contributed by atoms with Crippen molar-refractivity contribution < 1.29 is 17.9 Å². The molecule has 1 spiro atoms. The van der Waals surface area contributed by atoms with E-state index >= 15 is 0 Å². The van der Waals surface area contributed by atoms with Crippen LogP contribution in [0.3, 0.4) is 0 Å². The number of aromatic nitrogens is 3. The Kier molecular flexibility index (Phi) is 7.53. The Morgan fingerprint density at radius 1 is 1.18 bits per heavy atom. The van der Waals surface area contributed by atoms with Crippen LogP contribution in [0.15, 0.2) is 29.1 Å². The van der Waals surface area contributed by atoms with Gasteiger partial charge in [0.25, 0.3) is 11.5 Å². The first kappa shape index (κ1) is 28.3. The molecule has 3 aromatic rings. The Morgan fingerprint density at radius 2 is 1.90 bits per heavy atom. The van der Waals surface area contributed by atoms with Gasteiger partial charge in [-0.1, -0.05) is 17.7 Å². The van der Waals surface area contributed by atoms with E-state index in [-0.39, 0.29) is 27.5 Å². The van der Waals surface area contributed by atoms with Crippen LogP contribution in [0.4, 0.5) is 11.6 Å². The van der Waals surface area contributed by atoms with Gasteiger partial charge in [0.15, 0.2) is 5.69 Å². The lowest BCUT2D eigenvalue weighted by Gasteiger charge is -2.33. The van der Waals surface area contributed by atoms with Crippen LogP contribution in [-0.2, 0) is 21.8 Å². The number of hydrogen-bond donors (Lipinski definition) is 2. The number of pyridine rings is 1. The van der Waals surface area contributed by atoms with Gasteiger partial charge in [0, 0.05) is 38.9 Å². The van der Waals surface area contributed by atoms with Crippen LogP contribution in [0.5, 0.6) is 0 Å². The van der Waals surface area contributed by atoms with Crippen molar-refractivity contribution in [1.29, 1.82) is 0 Å². The summed E-state index contributed by atoms with van der Waals surface area (Å²) in [5, 5.41) is 3.80. The summed E-state index contributed by atoms with van der Waals surface area (Å²) >= 11 is 6.02. The van der Waals surface area contributed by atoms with Gasteiger partial charge < -0.3 is 15.0 Å². The molecule has 214 valence electrons. The van der Waals surface area contributed by atoms with E-state index in [1.54, 1.807) is 17.7 Å². The molecule has 2 saturated heterocycles. The summed E-state index contributed by atoms with van der Waals surface area (Å²) in [6.45, 7) is 6.95. The van der Waals surface area contributed by atoms with Gasteiger partial charge in [-0.15, -0.1) is 0 Å². The first-order valence-electron chi connectivity index (χ1n) is 13.1. The zero-order valence-corrected chi connectivity index (χ0v) is 24.5. The van der Waals surface area contributed by atoms with Crippen molar-refractivity contribution in [2.75, 3.05) is 42.8 Å². The molecule has 0 aliphatic carbocycles. The molecule has 4 heterocycles. The van der Waals surface area contributed by atoms with Gasteiger partial charge in [0.2, 0.25) is 16.0 Å². The molecule has 40 heavy (non-hydrogen) atoms. The summed E-state index contributed by atoms with van der Waals surface area (Å²) in [5.74, 6) is -0.279. The highest BCUT2D eigenvalue weighted by Crippen LogP contribution is 2.41. The number of sulfonamides is 1. The minimum Gasteiger partial charge on any atom is -0.381 e. The maximum atomic E-state index is 13.6. The molecule has 13 heteroatoms. The molecule has 11 nitrogen and oxygen atoms in total. The summed E-state index contributed by atoms with van der Waals surface area (Å²) in [5.41, 5.74) is 2.39. The molecule has 0 saturated carbocycles. The Morgan fingerprint density at radius 3 is 2.60 bits per heavy atom. The SMILES string of the molecule is Cc1cc([C@@H](C)Nc2ccc(Cl)nc2C(=O)NS(C)(=O)=O)c2nc(N3CCC4(CCOCC4)C3)n(C)c(=O)c2c1. The van der Waals surface area contributed by atoms with E-state index in [4.69, 9.17) is 21.3 Å². The number of aryl methyl sites for hydroxylation is 1. The lowest BCUT2D eigenvalue weighted by Crippen LogP contribution is -2.35. The van der Waals surface area contributed by atoms with Crippen LogP contribution < -0.4 is 20.5 Å². The van der Waals surface area contributed by atoms with Crippen molar-refractivity contribution in [1.82, 2.24) is 19.3 Å². The third kappa shape index (κ3) is 5.65. The highest BCUT2D eigenvalue weighted by Gasteiger charge is 2.40. The number of halogens is 1. The largest absolute Gasteiger partial charge is 0.381 e. The number of amides is 1. The predicted octanol–water partition coefficient (Wildman–Crippen LogP) is 3.16. The van der Waals surface area contributed by atoms with Gasteiger partial charge in [-0.3, -0.25) is 14.2 Å². The number of rotatable bonds is 6. The number of fused-ring (bicyclic) bond motifs is 1. The highest BCUT2D eigenvalue weighted by molar-refractivity contribution is 7.89. The van der Waals surface area contributed by atoms with Crippen molar-refractivity contribution in [3.8, 4) is 0 Å². The van der Waals surface area contributed by atoms with Crippen molar-refractivity contribution in [3.63, 3.8) is 0 Å². The average molecular weight is 589 g/mol. The fraction of sp³-hybridized carbons (Fsp3) is 0.481. The summed E-state index contributed by atoms with van der Waals surface area (Å²) in [6.07, 6.45) is 3.92. The number of benzene rings is 1. The second kappa shape index (κ2) is 10.6. The number of nitrogens with zero attached hydrogens (tertiary/aromatic N) is 4. The van der Waals surface area contributed by atoms with E-state index in [0.29, 0.717) is 16.9 Å². The molecular formula is C27H33ClN6O5S.